The van der Waals surface area contributed by atoms with Crippen LogP contribution in [0.3, 0.4) is 0 Å². The van der Waals surface area contributed by atoms with Gasteiger partial charge >= 0.3 is 0 Å². The highest BCUT2D eigenvalue weighted by Gasteiger charge is 2.29. The molecule has 0 aliphatic carbocycles. The molecule has 0 aliphatic heterocycles. The van der Waals surface area contributed by atoms with Gasteiger partial charge < -0.3 is 20.2 Å². The van der Waals surface area contributed by atoms with Crippen LogP contribution in [0.25, 0.3) is 0 Å². The van der Waals surface area contributed by atoms with Gasteiger partial charge in [0.25, 0.3) is 11.8 Å². The third kappa shape index (κ3) is 7.41. The van der Waals surface area contributed by atoms with Crippen LogP contribution in [-0.4, -0.2) is 16.8 Å². The Balaban J connectivity index is 1.54. The number of carbonyl (C=O) groups excluding carboxylic acids is 2. The van der Waals surface area contributed by atoms with Gasteiger partial charge in [0.1, 0.15) is 11.4 Å². The van der Waals surface area contributed by atoms with Crippen molar-refractivity contribution in [3.05, 3.63) is 150 Å². The molecule has 2 aromatic heterocycles. The second kappa shape index (κ2) is 14.4. The summed E-state index contributed by atoms with van der Waals surface area (Å²) in [4.78, 5) is 37.8. The number of aromatic nitrogens is 1. The number of rotatable bonds is 11. The standard InChI is InChI=1S/C35H26N6O4S/c42-34(24-14-5-1-6-15-24)38-33-30(40-39-26-18-9-3-10-19-26)31(44-28-22-13-23-46-28)29(32(37-33)36-25-16-7-2-8-17-25)35(43)41-45-27-20-11-4-12-21-27/h1-23H,(H,41,43)(H2,36,37,38,42). The monoisotopic (exact) mass is 626 g/mol. The lowest BCUT2D eigenvalue weighted by atomic mass is 10.1. The van der Waals surface area contributed by atoms with Gasteiger partial charge in [-0.15, -0.1) is 16.5 Å². The molecule has 0 saturated carbocycles. The van der Waals surface area contributed by atoms with Crippen LogP contribution >= 0.6 is 11.3 Å². The van der Waals surface area contributed by atoms with Crippen LogP contribution < -0.4 is 25.7 Å². The SMILES string of the molecule is O=C(Nc1nc(Nc2ccccc2)c(C(=O)NOc2ccccc2)c(Oc2cccs2)c1N=Nc1ccccc1)c1ccccc1. The molecule has 0 atom stereocenters. The number of azo groups is 1. The maximum absolute atomic E-state index is 14.0. The third-order valence-electron chi connectivity index (χ3n) is 6.38. The number of carbonyl (C=O) groups is 2. The third-order valence-corrected chi connectivity index (χ3v) is 7.13. The van der Waals surface area contributed by atoms with Crippen molar-refractivity contribution in [3.8, 4) is 16.6 Å². The molecule has 0 saturated heterocycles. The van der Waals surface area contributed by atoms with Crippen LogP contribution in [0.1, 0.15) is 20.7 Å². The Hall–Kier alpha value is -6.33. The van der Waals surface area contributed by atoms with Crippen LogP contribution in [-0.2, 0) is 0 Å². The first kappa shape index (κ1) is 29.7. The van der Waals surface area contributed by atoms with Gasteiger partial charge in [-0.3, -0.25) is 9.59 Å². The van der Waals surface area contributed by atoms with E-state index in [9.17, 15) is 9.59 Å². The lowest BCUT2D eigenvalue weighted by molar-refractivity contribution is 0.0758. The highest BCUT2D eigenvalue weighted by atomic mass is 32.1. The molecule has 3 N–H and O–H groups in total. The maximum Gasteiger partial charge on any atom is 0.291 e. The minimum absolute atomic E-state index is 0.00640. The number of nitrogens with zero attached hydrogens (tertiary/aromatic N) is 3. The summed E-state index contributed by atoms with van der Waals surface area (Å²) in [6.07, 6.45) is 0. The maximum atomic E-state index is 14.0. The van der Waals surface area contributed by atoms with Crippen molar-refractivity contribution < 1.29 is 19.2 Å². The number of anilines is 3. The number of hydroxylamine groups is 1. The van der Waals surface area contributed by atoms with Crippen molar-refractivity contribution in [1.29, 1.82) is 0 Å². The predicted octanol–water partition coefficient (Wildman–Crippen LogP) is 9.07. The summed E-state index contributed by atoms with van der Waals surface area (Å²) in [5, 5.41) is 17.2. The Morgan fingerprint density at radius 2 is 1.33 bits per heavy atom. The molecule has 226 valence electrons. The topological polar surface area (TPSA) is 126 Å². The molecule has 0 fully saturated rings. The number of hydrogen-bond acceptors (Lipinski definition) is 9. The quantitative estimate of drug-likeness (QED) is 0.0973. The molecule has 6 aromatic rings. The van der Waals surface area contributed by atoms with Crippen LogP contribution in [0.2, 0.25) is 0 Å². The summed E-state index contributed by atoms with van der Waals surface area (Å²) in [6, 6.07) is 39.2. The van der Waals surface area contributed by atoms with E-state index in [0.29, 0.717) is 27.8 Å². The molecule has 2 heterocycles. The van der Waals surface area contributed by atoms with E-state index in [2.05, 4.69) is 26.3 Å². The molecule has 4 aromatic carbocycles. The largest absolute Gasteiger partial charge is 0.443 e. The lowest BCUT2D eigenvalue weighted by Crippen LogP contribution is -2.28. The zero-order valence-corrected chi connectivity index (χ0v) is 25.0. The van der Waals surface area contributed by atoms with Crippen molar-refractivity contribution in [2.75, 3.05) is 10.6 Å². The van der Waals surface area contributed by atoms with Gasteiger partial charge in [0, 0.05) is 11.3 Å². The minimum Gasteiger partial charge on any atom is -0.443 e. The van der Waals surface area contributed by atoms with Crippen molar-refractivity contribution in [2.24, 2.45) is 10.2 Å². The summed E-state index contributed by atoms with van der Waals surface area (Å²) < 4.78 is 6.37. The number of para-hydroxylation sites is 2. The van der Waals surface area contributed by atoms with Gasteiger partial charge in [-0.25, -0.2) is 4.98 Å². The Bertz CT molecular complexity index is 1940. The van der Waals surface area contributed by atoms with E-state index in [1.165, 1.54) is 11.3 Å². The molecular formula is C35H26N6O4S. The summed E-state index contributed by atoms with van der Waals surface area (Å²) >= 11 is 1.31. The number of hydrogen-bond donors (Lipinski definition) is 3. The molecule has 0 spiro atoms. The number of thiophene rings is 1. The first-order chi connectivity index (χ1) is 22.6. The summed E-state index contributed by atoms with van der Waals surface area (Å²) in [7, 11) is 0. The summed E-state index contributed by atoms with van der Waals surface area (Å²) in [5.41, 5.74) is 4.04. The number of amides is 2. The van der Waals surface area contributed by atoms with Crippen molar-refractivity contribution in [3.63, 3.8) is 0 Å². The second-order valence-corrected chi connectivity index (χ2v) is 10.5. The molecular weight excluding hydrogens is 600 g/mol. The van der Waals surface area contributed by atoms with Crippen molar-refractivity contribution in [1.82, 2.24) is 10.5 Å². The minimum atomic E-state index is -0.682. The summed E-state index contributed by atoms with van der Waals surface area (Å²) in [6.45, 7) is 0. The zero-order valence-electron chi connectivity index (χ0n) is 24.2. The van der Waals surface area contributed by atoms with E-state index in [4.69, 9.17) is 14.6 Å². The van der Waals surface area contributed by atoms with Crippen LogP contribution in [0.4, 0.5) is 28.7 Å². The Kier molecular flexibility index (Phi) is 9.32. The zero-order chi connectivity index (χ0) is 31.6. The van der Waals surface area contributed by atoms with Gasteiger partial charge in [0.2, 0.25) is 0 Å². The van der Waals surface area contributed by atoms with E-state index in [1.54, 1.807) is 66.7 Å². The number of benzene rings is 4. The number of ether oxygens (including phenoxy) is 1. The molecule has 0 unspecified atom stereocenters. The fraction of sp³-hybridized carbons (Fsp3) is 0. The Labute approximate surface area is 268 Å². The number of nitrogens with one attached hydrogen (secondary N) is 3. The van der Waals surface area contributed by atoms with E-state index in [1.807, 2.05) is 72.1 Å². The van der Waals surface area contributed by atoms with Gasteiger partial charge in [-0.2, -0.15) is 10.6 Å². The van der Waals surface area contributed by atoms with Crippen LogP contribution in [0.5, 0.6) is 16.6 Å². The molecule has 10 nitrogen and oxygen atoms in total. The molecule has 11 heteroatoms. The average Bonchev–Trinajstić information content (AvgIpc) is 3.62. The van der Waals surface area contributed by atoms with Crippen molar-refractivity contribution in [2.45, 2.75) is 0 Å². The molecule has 0 bridgehead atoms. The Morgan fingerprint density at radius 1 is 0.674 bits per heavy atom. The highest BCUT2D eigenvalue weighted by molar-refractivity contribution is 7.11. The average molecular weight is 627 g/mol. The molecule has 46 heavy (non-hydrogen) atoms. The first-order valence-corrected chi connectivity index (χ1v) is 15.0. The second-order valence-electron chi connectivity index (χ2n) is 9.59. The van der Waals surface area contributed by atoms with Gasteiger partial charge in [0.05, 0.1) is 5.69 Å². The van der Waals surface area contributed by atoms with E-state index in [-0.39, 0.29) is 28.6 Å². The fourth-order valence-electron chi connectivity index (χ4n) is 4.23. The molecule has 0 radical (unpaired) electrons. The first-order valence-electron chi connectivity index (χ1n) is 14.1. The highest BCUT2D eigenvalue weighted by Crippen LogP contribution is 2.45. The fourth-order valence-corrected chi connectivity index (χ4v) is 4.81. The van der Waals surface area contributed by atoms with Gasteiger partial charge in [0.15, 0.2) is 28.1 Å². The van der Waals surface area contributed by atoms with Crippen molar-refractivity contribution >= 4 is 51.8 Å². The van der Waals surface area contributed by atoms with E-state index >= 15 is 0 Å². The summed E-state index contributed by atoms with van der Waals surface area (Å²) in [5.74, 6) is -0.626. The molecule has 6 rings (SSSR count). The van der Waals surface area contributed by atoms with E-state index < -0.39 is 11.8 Å². The molecule has 2 amide bonds. The van der Waals surface area contributed by atoms with E-state index in [0.717, 1.165) is 0 Å². The normalized spacial score (nSPS) is 10.7. The lowest BCUT2D eigenvalue weighted by Gasteiger charge is -2.19. The smallest absolute Gasteiger partial charge is 0.291 e. The number of pyridine rings is 1. The predicted molar refractivity (Wildman–Crippen MR) is 178 cm³/mol. The molecule has 0 aliphatic rings. The van der Waals surface area contributed by atoms with Crippen LogP contribution in [0.15, 0.2) is 149 Å². The van der Waals surface area contributed by atoms with Gasteiger partial charge in [-0.05, 0) is 66.0 Å². The van der Waals surface area contributed by atoms with Gasteiger partial charge in [-0.1, -0.05) is 72.8 Å². The Morgan fingerprint density at radius 3 is 2.00 bits per heavy atom. The van der Waals surface area contributed by atoms with Crippen LogP contribution in [0, 0.1) is 0 Å².